The number of hydrogen-bond donors (Lipinski definition) is 3. The molecule has 0 aliphatic carbocycles. The summed E-state index contributed by atoms with van der Waals surface area (Å²) < 4.78 is 0.580. The van der Waals surface area contributed by atoms with Crippen molar-refractivity contribution in [1.82, 2.24) is 25.5 Å². The van der Waals surface area contributed by atoms with E-state index in [0.717, 1.165) is 11.3 Å². The molecule has 3 aromatic rings. The van der Waals surface area contributed by atoms with Gasteiger partial charge >= 0.3 is 5.97 Å². The standard InChI is InChI=1S/C26H23N5O5S3/c32-19(28-12-16-8-4-5-9-27-16)11-17-13-38-26(29-17)39-18-14-37-24-21(23(34)31(24)22(18)25(35)36)30-20(33)10-15-6-2-1-3-7-15/h1-9,13,21,24H,10-12,14H2,(H,28,32)(H,30,33)(H,35,36)/t21-,24+/m1/s1. The quantitative estimate of drug-likeness (QED) is 0.308. The summed E-state index contributed by atoms with van der Waals surface area (Å²) in [4.78, 5) is 60.3. The Labute approximate surface area is 236 Å². The summed E-state index contributed by atoms with van der Waals surface area (Å²) in [5.74, 6) is -1.80. The van der Waals surface area contributed by atoms with Crippen LogP contribution >= 0.6 is 34.9 Å². The number of carboxylic acid groups (broad SMARTS) is 1. The first-order chi connectivity index (χ1) is 18.9. The van der Waals surface area contributed by atoms with E-state index in [0.29, 0.717) is 27.2 Å². The smallest absolute Gasteiger partial charge is 0.353 e. The Bertz CT molecular complexity index is 1430. The van der Waals surface area contributed by atoms with Gasteiger partial charge in [-0.15, -0.1) is 23.1 Å². The van der Waals surface area contributed by atoms with Gasteiger partial charge in [-0.2, -0.15) is 0 Å². The summed E-state index contributed by atoms with van der Waals surface area (Å²) in [6, 6.07) is 13.9. The van der Waals surface area contributed by atoms with E-state index in [9.17, 15) is 24.3 Å². The predicted octanol–water partition coefficient (Wildman–Crippen LogP) is 2.43. The number of fused-ring (bicyclic) bond motifs is 1. The van der Waals surface area contributed by atoms with Crippen molar-refractivity contribution in [3.63, 3.8) is 0 Å². The van der Waals surface area contributed by atoms with E-state index in [1.54, 1.807) is 17.6 Å². The van der Waals surface area contributed by atoms with Gasteiger partial charge < -0.3 is 15.7 Å². The summed E-state index contributed by atoms with van der Waals surface area (Å²) in [6.07, 6.45) is 1.88. The zero-order valence-electron chi connectivity index (χ0n) is 20.4. The Morgan fingerprint density at radius 3 is 2.59 bits per heavy atom. The van der Waals surface area contributed by atoms with E-state index in [1.807, 2.05) is 42.5 Å². The maximum Gasteiger partial charge on any atom is 0.353 e. The van der Waals surface area contributed by atoms with Crippen molar-refractivity contribution >= 4 is 58.6 Å². The average molecular weight is 582 g/mol. The monoisotopic (exact) mass is 581 g/mol. The van der Waals surface area contributed by atoms with Crippen LogP contribution in [0.25, 0.3) is 0 Å². The summed E-state index contributed by atoms with van der Waals surface area (Å²) in [5.41, 5.74) is 2.06. The Balaban J connectivity index is 1.19. The SMILES string of the molecule is O=C(Cc1csc(SC2=C(C(=O)O)N3C(=O)[C@@H](NC(=O)Cc4ccccc4)[C@@H]3SC2)n1)NCc1ccccn1. The molecule has 1 saturated heterocycles. The third kappa shape index (κ3) is 6.32. The fourth-order valence-corrected chi connectivity index (χ4v) is 7.59. The maximum absolute atomic E-state index is 12.9. The van der Waals surface area contributed by atoms with E-state index in [-0.39, 0.29) is 30.4 Å². The highest BCUT2D eigenvalue weighted by Crippen LogP contribution is 2.45. The molecule has 2 aliphatic rings. The van der Waals surface area contributed by atoms with Crippen molar-refractivity contribution < 1.29 is 24.3 Å². The molecule has 2 atom stereocenters. The van der Waals surface area contributed by atoms with Crippen molar-refractivity contribution in [3.8, 4) is 0 Å². The molecule has 39 heavy (non-hydrogen) atoms. The Kier molecular flexibility index (Phi) is 8.29. The summed E-state index contributed by atoms with van der Waals surface area (Å²) in [6.45, 7) is 0.316. The van der Waals surface area contributed by atoms with Crippen LogP contribution in [0.15, 0.2) is 75.0 Å². The van der Waals surface area contributed by atoms with Crippen LogP contribution in [0.5, 0.6) is 0 Å². The van der Waals surface area contributed by atoms with Gasteiger partial charge in [0.1, 0.15) is 17.1 Å². The molecular formula is C26H23N5O5S3. The lowest BCUT2D eigenvalue weighted by molar-refractivity contribution is -0.150. The van der Waals surface area contributed by atoms with E-state index in [1.165, 1.54) is 39.8 Å². The predicted molar refractivity (Wildman–Crippen MR) is 148 cm³/mol. The molecule has 1 aromatic carbocycles. The second-order valence-electron chi connectivity index (χ2n) is 8.68. The van der Waals surface area contributed by atoms with Gasteiger partial charge in [-0.1, -0.05) is 48.2 Å². The number of aliphatic carboxylic acids is 1. The number of aromatic nitrogens is 2. The number of hydrogen-bond acceptors (Lipinski definition) is 9. The third-order valence-electron chi connectivity index (χ3n) is 5.94. The topological polar surface area (TPSA) is 142 Å². The fraction of sp³-hybridized carbons (Fsp3) is 0.231. The lowest BCUT2D eigenvalue weighted by Gasteiger charge is -2.49. The molecule has 10 nitrogen and oxygen atoms in total. The van der Waals surface area contributed by atoms with Gasteiger partial charge in [0.2, 0.25) is 11.8 Å². The Morgan fingerprint density at radius 1 is 1.05 bits per heavy atom. The number of pyridine rings is 1. The van der Waals surface area contributed by atoms with Crippen LogP contribution in [0.1, 0.15) is 17.0 Å². The highest BCUT2D eigenvalue weighted by Gasteiger charge is 2.54. The van der Waals surface area contributed by atoms with Crippen LogP contribution in [0.4, 0.5) is 0 Å². The molecule has 1 fully saturated rings. The lowest BCUT2D eigenvalue weighted by Crippen LogP contribution is -2.70. The first-order valence-corrected chi connectivity index (χ1v) is 14.7. The van der Waals surface area contributed by atoms with Crippen LogP contribution in [-0.4, -0.2) is 60.8 Å². The second-order valence-corrected chi connectivity index (χ2v) is 12.0. The van der Waals surface area contributed by atoms with Crippen molar-refractivity contribution in [3.05, 3.63) is 87.7 Å². The fourth-order valence-electron chi connectivity index (χ4n) is 4.12. The second kappa shape index (κ2) is 12.0. The van der Waals surface area contributed by atoms with Gasteiger partial charge in [-0.05, 0) is 17.7 Å². The number of thiazole rings is 1. The van der Waals surface area contributed by atoms with Gasteiger partial charge in [0.25, 0.3) is 5.91 Å². The van der Waals surface area contributed by atoms with Crippen LogP contribution in [0.3, 0.4) is 0 Å². The first-order valence-electron chi connectivity index (χ1n) is 11.9. The number of thioether (sulfide) groups is 2. The first kappa shape index (κ1) is 26.9. The van der Waals surface area contributed by atoms with Crippen molar-refractivity contribution in [2.24, 2.45) is 0 Å². The van der Waals surface area contributed by atoms with Crippen LogP contribution < -0.4 is 10.6 Å². The number of rotatable bonds is 10. The van der Waals surface area contributed by atoms with Crippen molar-refractivity contribution in [2.75, 3.05) is 5.75 Å². The van der Waals surface area contributed by atoms with Gasteiger partial charge in [0, 0.05) is 22.2 Å². The molecule has 2 aliphatic heterocycles. The Hall–Kier alpha value is -3.68. The molecule has 4 heterocycles. The molecule has 2 aromatic heterocycles. The molecule has 3 amide bonds. The molecule has 0 unspecified atom stereocenters. The number of carbonyl (C=O) groups excluding carboxylic acids is 3. The zero-order valence-corrected chi connectivity index (χ0v) is 22.9. The molecule has 3 N–H and O–H groups in total. The van der Waals surface area contributed by atoms with Crippen molar-refractivity contribution in [1.29, 1.82) is 0 Å². The van der Waals surface area contributed by atoms with Gasteiger partial charge in [0.15, 0.2) is 4.34 Å². The molecule has 0 saturated carbocycles. The van der Waals surface area contributed by atoms with Gasteiger partial charge in [-0.3, -0.25) is 24.3 Å². The molecule has 5 rings (SSSR count). The molecule has 0 radical (unpaired) electrons. The van der Waals surface area contributed by atoms with Gasteiger partial charge in [0.05, 0.1) is 30.8 Å². The minimum Gasteiger partial charge on any atom is -0.477 e. The summed E-state index contributed by atoms with van der Waals surface area (Å²) >= 11 is 3.89. The zero-order chi connectivity index (χ0) is 27.4. The summed E-state index contributed by atoms with van der Waals surface area (Å²) in [7, 11) is 0. The van der Waals surface area contributed by atoms with Gasteiger partial charge in [-0.25, -0.2) is 9.78 Å². The summed E-state index contributed by atoms with van der Waals surface area (Å²) in [5, 5.41) is 16.8. The minimum absolute atomic E-state index is 0.0839. The number of carbonyl (C=O) groups is 4. The molecule has 200 valence electrons. The highest BCUT2D eigenvalue weighted by molar-refractivity contribution is 8.07. The Morgan fingerprint density at radius 2 is 1.85 bits per heavy atom. The number of benzene rings is 1. The van der Waals surface area contributed by atoms with E-state index in [4.69, 9.17) is 0 Å². The molecule has 13 heteroatoms. The number of nitrogens with one attached hydrogen (secondary N) is 2. The van der Waals surface area contributed by atoms with Crippen LogP contribution in [0, 0.1) is 0 Å². The molecular weight excluding hydrogens is 559 g/mol. The van der Waals surface area contributed by atoms with E-state index >= 15 is 0 Å². The van der Waals surface area contributed by atoms with Crippen molar-refractivity contribution in [2.45, 2.75) is 35.1 Å². The lowest BCUT2D eigenvalue weighted by atomic mass is 10.0. The molecule has 0 spiro atoms. The van der Waals surface area contributed by atoms with E-state index < -0.39 is 23.3 Å². The minimum atomic E-state index is -1.21. The maximum atomic E-state index is 12.9. The van der Waals surface area contributed by atoms with Crippen LogP contribution in [-0.2, 0) is 38.6 Å². The number of β-lactam (4-membered cyclic amide) rings is 1. The average Bonchev–Trinajstić information content (AvgIpc) is 3.37. The number of carboxylic acids is 1. The highest BCUT2D eigenvalue weighted by atomic mass is 32.2. The largest absolute Gasteiger partial charge is 0.477 e. The normalized spacial score (nSPS) is 18.3. The number of nitrogens with zero attached hydrogens (tertiary/aromatic N) is 3. The molecule has 0 bridgehead atoms. The third-order valence-corrected chi connectivity index (χ3v) is 9.47. The van der Waals surface area contributed by atoms with E-state index in [2.05, 4.69) is 20.6 Å². The van der Waals surface area contributed by atoms with Crippen LogP contribution in [0.2, 0.25) is 0 Å². The number of amides is 3.